The number of para-hydroxylation sites is 1. The quantitative estimate of drug-likeness (QED) is 0.290. The molecule has 0 saturated heterocycles. The number of esters is 1. The predicted octanol–water partition coefficient (Wildman–Crippen LogP) is 5.66. The number of nitrogens with zero attached hydrogens (tertiary/aromatic N) is 2. The van der Waals surface area contributed by atoms with Gasteiger partial charge in [0.15, 0.2) is 0 Å². The minimum absolute atomic E-state index is 0.0662. The summed E-state index contributed by atoms with van der Waals surface area (Å²) in [5, 5.41) is 13.7. The second-order valence-corrected chi connectivity index (χ2v) is 9.11. The second kappa shape index (κ2) is 9.44. The highest BCUT2D eigenvalue weighted by atomic mass is 16.6. The molecule has 0 aromatic heterocycles. The van der Waals surface area contributed by atoms with Gasteiger partial charge in [-0.15, -0.1) is 0 Å². The number of rotatable bonds is 9. The lowest BCUT2D eigenvalue weighted by molar-refractivity contribution is -0.149. The normalized spacial score (nSPS) is 22.4. The zero-order valence-electron chi connectivity index (χ0n) is 18.4. The Morgan fingerprint density at radius 1 is 1.19 bits per heavy atom. The summed E-state index contributed by atoms with van der Waals surface area (Å²) in [6.45, 7) is 4.63. The van der Waals surface area contributed by atoms with Crippen LogP contribution in [0.25, 0.3) is 0 Å². The first-order valence-electron chi connectivity index (χ1n) is 11.1. The first-order valence-corrected chi connectivity index (χ1v) is 11.1. The average Bonchev–Trinajstić information content (AvgIpc) is 3.31. The standard InChI is InChI=1S/C26H28N2O4/c1-26(2)22(16-28-30-17-18-8-6-9-18)24(26)25(29)32-23(15-27)19-10-7-13-21(14-19)31-20-11-4-3-5-12-20/h3-5,7,10-14,16,18,22-24H,6,8-9,17H2,1-2H3/t22-,23?,24-/m0/s1. The van der Waals surface area contributed by atoms with Gasteiger partial charge in [-0.25, -0.2) is 0 Å². The summed E-state index contributed by atoms with van der Waals surface area (Å²) in [4.78, 5) is 18.2. The van der Waals surface area contributed by atoms with E-state index in [2.05, 4.69) is 11.2 Å². The predicted molar refractivity (Wildman–Crippen MR) is 120 cm³/mol. The molecule has 0 heterocycles. The van der Waals surface area contributed by atoms with Crippen molar-refractivity contribution in [2.45, 2.75) is 39.2 Å². The maximum absolute atomic E-state index is 12.8. The van der Waals surface area contributed by atoms with Gasteiger partial charge in [-0.05, 0) is 48.4 Å². The Morgan fingerprint density at radius 2 is 1.94 bits per heavy atom. The molecule has 4 rings (SSSR count). The molecule has 2 saturated carbocycles. The number of benzene rings is 2. The van der Waals surface area contributed by atoms with Crippen LogP contribution in [0.3, 0.4) is 0 Å². The van der Waals surface area contributed by atoms with E-state index in [1.54, 1.807) is 30.5 Å². The maximum atomic E-state index is 12.8. The van der Waals surface area contributed by atoms with Crippen molar-refractivity contribution in [3.05, 3.63) is 60.2 Å². The second-order valence-electron chi connectivity index (χ2n) is 9.11. The van der Waals surface area contributed by atoms with Gasteiger partial charge < -0.3 is 14.3 Å². The van der Waals surface area contributed by atoms with Gasteiger partial charge in [0.2, 0.25) is 6.10 Å². The van der Waals surface area contributed by atoms with Gasteiger partial charge in [0, 0.05) is 17.7 Å². The van der Waals surface area contributed by atoms with E-state index in [0.29, 0.717) is 29.6 Å². The highest BCUT2D eigenvalue weighted by Crippen LogP contribution is 2.58. The number of oxime groups is 1. The van der Waals surface area contributed by atoms with Gasteiger partial charge in [-0.1, -0.05) is 55.8 Å². The topological polar surface area (TPSA) is 80.9 Å². The molecule has 6 nitrogen and oxygen atoms in total. The van der Waals surface area contributed by atoms with E-state index in [4.69, 9.17) is 14.3 Å². The molecule has 0 spiro atoms. The van der Waals surface area contributed by atoms with Gasteiger partial charge in [0.05, 0.1) is 5.92 Å². The molecule has 1 unspecified atom stereocenters. The summed E-state index contributed by atoms with van der Waals surface area (Å²) in [6.07, 6.45) is 4.37. The van der Waals surface area contributed by atoms with Crippen molar-refractivity contribution in [1.29, 1.82) is 5.26 Å². The lowest BCUT2D eigenvalue weighted by Gasteiger charge is -2.23. The van der Waals surface area contributed by atoms with E-state index < -0.39 is 12.1 Å². The summed E-state index contributed by atoms with van der Waals surface area (Å²) >= 11 is 0. The third-order valence-corrected chi connectivity index (χ3v) is 6.49. The van der Waals surface area contributed by atoms with E-state index >= 15 is 0 Å². The third-order valence-electron chi connectivity index (χ3n) is 6.49. The smallest absolute Gasteiger partial charge is 0.311 e. The van der Waals surface area contributed by atoms with E-state index in [1.807, 2.05) is 44.2 Å². The number of ether oxygens (including phenoxy) is 2. The van der Waals surface area contributed by atoms with Crippen LogP contribution in [0.15, 0.2) is 59.8 Å². The molecule has 0 N–H and O–H groups in total. The molecule has 2 aliphatic rings. The summed E-state index contributed by atoms with van der Waals surface area (Å²) in [5.41, 5.74) is 0.292. The Hall–Kier alpha value is -3.33. The first kappa shape index (κ1) is 21.9. The van der Waals surface area contributed by atoms with E-state index in [1.165, 1.54) is 19.3 Å². The zero-order chi connectivity index (χ0) is 22.6. The lowest BCUT2D eigenvalue weighted by Crippen LogP contribution is -2.16. The van der Waals surface area contributed by atoms with E-state index in [9.17, 15) is 10.1 Å². The highest BCUT2D eigenvalue weighted by molar-refractivity contribution is 5.85. The van der Waals surface area contributed by atoms with Crippen LogP contribution in [0.2, 0.25) is 0 Å². The number of carbonyl (C=O) groups is 1. The molecule has 0 amide bonds. The van der Waals surface area contributed by atoms with Crippen molar-refractivity contribution >= 4 is 12.2 Å². The molecule has 2 aromatic carbocycles. The van der Waals surface area contributed by atoms with Crippen LogP contribution in [0.5, 0.6) is 11.5 Å². The molecule has 2 fully saturated rings. The van der Waals surface area contributed by atoms with Crippen LogP contribution in [-0.2, 0) is 14.4 Å². The Kier molecular flexibility index (Phi) is 6.45. The van der Waals surface area contributed by atoms with Crippen LogP contribution in [-0.4, -0.2) is 18.8 Å². The van der Waals surface area contributed by atoms with Crippen LogP contribution >= 0.6 is 0 Å². The van der Waals surface area contributed by atoms with Crippen molar-refractivity contribution in [3.8, 4) is 17.6 Å². The van der Waals surface area contributed by atoms with Gasteiger partial charge >= 0.3 is 5.97 Å². The summed E-state index contributed by atoms with van der Waals surface area (Å²) in [5.74, 6) is 1.06. The molecular weight excluding hydrogens is 404 g/mol. The largest absolute Gasteiger partial charge is 0.457 e. The van der Waals surface area contributed by atoms with Crippen molar-refractivity contribution in [2.24, 2.45) is 28.3 Å². The molecule has 0 aliphatic heterocycles. The van der Waals surface area contributed by atoms with Crippen molar-refractivity contribution in [1.82, 2.24) is 0 Å². The fourth-order valence-electron chi connectivity index (χ4n) is 4.05. The molecule has 32 heavy (non-hydrogen) atoms. The molecule has 6 heteroatoms. The molecule has 2 aliphatic carbocycles. The molecule has 3 atom stereocenters. The average molecular weight is 433 g/mol. The summed E-state index contributed by atoms with van der Waals surface area (Å²) in [6, 6.07) is 18.5. The maximum Gasteiger partial charge on any atom is 0.311 e. The van der Waals surface area contributed by atoms with Crippen molar-refractivity contribution < 1.29 is 19.1 Å². The highest BCUT2D eigenvalue weighted by Gasteiger charge is 2.62. The van der Waals surface area contributed by atoms with Crippen LogP contribution in [0, 0.1) is 34.5 Å². The Morgan fingerprint density at radius 3 is 2.62 bits per heavy atom. The molecular formula is C26H28N2O4. The number of nitriles is 1. The third kappa shape index (κ3) is 4.94. The minimum Gasteiger partial charge on any atom is -0.457 e. The number of carbonyl (C=O) groups excluding carboxylic acids is 1. The summed E-state index contributed by atoms with van der Waals surface area (Å²) in [7, 11) is 0. The minimum atomic E-state index is -1.01. The van der Waals surface area contributed by atoms with E-state index in [0.717, 1.165) is 0 Å². The zero-order valence-corrected chi connectivity index (χ0v) is 18.4. The monoisotopic (exact) mass is 432 g/mol. The van der Waals surface area contributed by atoms with Crippen LogP contribution in [0.1, 0.15) is 44.8 Å². The first-order chi connectivity index (χ1) is 15.5. The number of hydrogen-bond acceptors (Lipinski definition) is 6. The fourth-order valence-corrected chi connectivity index (χ4v) is 4.05. The van der Waals surface area contributed by atoms with Crippen LogP contribution in [0.4, 0.5) is 0 Å². The number of hydrogen-bond donors (Lipinski definition) is 0. The van der Waals surface area contributed by atoms with Gasteiger partial charge in [-0.3, -0.25) is 4.79 Å². The molecule has 2 aromatic rings. The molecule has 166 valence electrons. The van der Waals surface area contributed by atoms with Crippen LogP contribution < -0.4 is 4.74 Å². The Balaban J connectivity index is 1.36. The van der Waals surface area contributed by atoms with Gasteiger partial charge in [0.25, 0.3) is 0 Å². The van der Waals surface area contributed by atoms with Gasteiger partial charge in [-0.2, -0.15) is 5.26 Å². The van der Waals surface area contributed by atoms with E-state index in [-0.39, 0.29) is 17.3 Å². The summed E-state index contributed by atoms with van der Waals surface area (Å²) < 4.78 is 11.4. The van der Waals surface area contributed by atoms with Crippen molar-refractivity contribution in [3.63, 3.8) is 0 Å². The Bertz CT molecular complexity index is 1010. The SMILES string of the molecule is CC1(C)[C@H](C(=O)OC(C#N)c2cccc(Oc3ccccc3)c2)[C@@H]1C=NOCC1CCC1. The molecule has 0 radical (unpaired) electrons. The van der Waals surface area contributed by atoms with Crippen molar-refractivity contribution in [2.75, 3.05) is 6.61 Å². The molecule has 0 bridgehead atoms. The fraction of sp³-hybridized carbons (Fsp3) is 0.423. The van der Waals surface area contributed by atoms with Gasteiger partial charge in [0.1, 0.15) is 24.2 Å². The lowest BCUT2D eigenvalue weighted by atomic mass is 9.86. The Labute approximate surface area is 188 Å².